The number of hydrogen-bond acceptors (Lipinski definition) is 6. The number of nitrogens with zero attached hydrogens (tertiary/aromatic N) is 3. The van der Waals surface area contributed by atoms with Crippen LogP contribution in [0.25, 0.3) is 11.5 Å². The SMILES string of the molecule is Cc1cccc(S(=O)(=O)NC(=O)c2ccnc(-c3ccccn3)n2)c1F. The minimum Gasteiger partial charge on any atom is -0.266 e. The van der Waals surface area contributed by atoms with Crippen molar-refractivity contribution in [1.82, 2.24) is 19.7 Å². The maximum absolute atomic E-state index is 14.1. The van der Waals surface area contributed by atoms with Crippen molar-refractivity contribution in [2.75, 3.05) is 0 Å². The van der Waals surface area contributed by atoms with Crippen LogP contribution in [0.1, 0.15) is 16.1 Å². The molecule has 0 aliphatic heterocycles. The fraction of sp³-hybridized carbons (Fsp3) is 0.0588. The number of carbonyl (C=O) groups is 1. The molecule has 0 spiro atoms. The number of aromatic nitrogens is 3. The van der Waals surface area contributed by atoms with Gasteiger partial charge in [-0.1, -0.05) is 18.2 Å². The molecule has 0 bridgehead atoms. The van der Waals surface area contributed by atoms with Gasteiger partial charge in [0, 0.05) is 12.4 Å². The summed E-state index contributed by atoms with van der Waals surface area (Å²) in [6.07, 6.45) is 2.85. The van der Waals surface area contributed by atoms with E-state index >= 15 is 0 Å². The van der Waals surface area contributed by atoms with Gasteiger partial charge in [0.2, 0.25) is 0 Å². The summed E-state index contributed by atoms with van der Waals surface area (Å²) in [5.41, 5.74) is 0.395. The first-order chi connectivity index (χ1) is 12.4. The van der Waals surface area contributed by atoms with E-state index in [0.717, 1.165) is 6.07 Å². The van der Waals surface area contributed by atoms with Crippen molar-refractivity contribution in [3.05, 3.63) is 71.9 Å². The van der Waals surface area contributed by atoms with Crippen molar-refractivity contribution < 1.29 is 17.6 Å². The summed E-state index contributed by atoms with van der Waals surface area (Å²) in [7, 11) is -4.39. The molecule has 0 aliphatic rings. The molecule has 3 rings (SSSR count). The number of nitrogens with one attached hydrogen (secondary N) is 1. The molecule has 0 radical (unpaired) electrons. The van der Waals surface area contributed by atoms with Crippen molar-refractivity contribution in [3.8, 4) is 11.5 Å². The van der Waals surface area contributed by atoms with Gasteiger partial charge in [-0.25, -0.2) is 27.5 Å². The zero-order chi connectivity index (χ0) is 18.7. The molecule has 0 saturated heterocycles. The first kappa shape index (κ1) is 17.6. The molecule has 26 heavy (non-hydrogen) atoms. The number of pyridine rings is 1. The highest BCUT2D eigenvalue weighted by atomic mass is 32.2. The molecule has 2 heterocycles. The van der Waals surface area contributed by atoms with E-state index in [0.29, 0.717) is 5.69 Å². The smallest absolute Gasteiger partial charge is 0.266 e. The van der Waals surface area contributed by atoms with E-state index in [2.05, 4.69) is 15.0 Å². The number of benzene rings is 1. The summed E-state index contributed by atoms with van der Waals surface area (Å²) in [6.45, 7) is 1.43. The summed E-state index contributed by atoms with van der Waals surface area (Å²) in [4.78, 5) is 23.8. The fourth-order valence-electron chi connectivity index (χ4n) is 2.16. The third-order valence-corrected chi connectivity index (χ3v) is 4.80. The average Bonchev–Trinajstić information content (AvgIpc) is 2.64. The Hall–Kier alpha value is -3.20. The Morgan fingerprint density at radius 1 is 1.04 bits per heavy atom. The van der Waals surface area contributed by atoms with Crippen molar-refractivity contribution in [2.24, 2.45) is 0 Å². The maximum Gasteiger partial charge on any atom is 0.283 e. The van der Waals surface area contributed by atoms with Crippen LogP contribution in [0.3, 0.4) is 0 Å². The fourth-order valence-corrected chi connectivity index (χ4v) is 3.27. The molecule has 0 saturated carbocycles. The maximum atomic E-state index is 14.1. The van der Waals surface area contributed by atoms with E-state index in [1.54, 1.807) is 18.2 Å². The molecule has 0 fully saturated rings. The summed E-state index contributed by atoms with van der Waals surface area (Å²) in [5, 5.41) is 0. The minimum absolute atomic E-state index is 0.153. The number of halogens is 1. The molecule has 0 atom stereocenters. The Kier molecular flexibility index (Phi) is 4.72. The van der Waals surface area contributed by atoms with Crippen LogP contribution in [0.2, 0.25) is 0 Å². The highest BCUT2D eigenvalue weighted by molar-refractivity contribution is 7.90. The third-order valence-electron chi connectivity index (χ3n) is 3.46. The van der Waals surface area contributed by atoms with Gasteiger partial charge in [0.25, 0.3) is 15.9 Å². The van der Waals surface area contributed by atoms with Gasteiger partial charge in [0.05, 0.1) is 0 Å². The van der Waals surface area contributed by atoms with Crippen molar-refractivity contribution in [2.45, 2.75) is 11.8 Å². The van der Waals surface area contributed by atoms with Crippen LogP contribution in [-0.2, 0) is 10.0 Å². The predicted octanol–water partition coefficient (Wildman–Crippen LogP) is 2.10. The molecule has 1 N–H and O–H groups in total. The lowest BCUT2D eigenvalue weighted by Crippen LogP contribution is -2.32. The molecule has 1 aromatic carbocycles. The number of carbonyl (C=O) groups excluding carboxylic acids is 1. The predicted molar refractivity (Wildman–Crippen MR) is 91.1 cm³/mol. The molecule has 0 aliphatic carbocycles. The zero-order valence-electron chi connectivity index (χ0n) is 13.5. The topological polar surface area (TPSA) is 102 Å². The highest BCUT2D eigenvalue weighted by Crippen LogP contribution is 2.17. The van der Waals surface area contributed by atoms with Gasteiger partial charge in [0.15, 0.2) is 5.82 Å². The van der Waals surface area contributed by atoms with Gasteiger partial charge in [-0.15, -0.1) is 0 Å². The monoisotopic (exact) mass is 372 g/mol. The molecular formula is C17H13FN4O3S. The van der Waals surface area contributed by atoms with Crippen LogP contribution in [0.15, 0.2) is 59.8 Å². The van der Waals surface area contributed by atoms with Crippen LogP contribution < -0.4 is 4.72 Å². The van der Waals surface area contributed by atoms with Crippen molar-refractivity contribution >= 4 is 15.9 Å². The Morgan fingerprint density at radius 3 is 2.58 bits per heavy atom. The molecule has 1 amide bonds. The van der Waals surface area contributed by atoms with Crippen molar-refractivity contribution in [3.63, 3.8) is 0 Å². The Labute approximate surface area is 149 Å². The third kappa shape index (κ3) is 3.57. The van der Waals surface area contributed by atoms with Gasteiger partial charge in [-0.05, 0) is 36.8 Å². The van der Waals surface area contributed by atoms with Crippen LogP contribution >= 0.6 is 0 Å². The molecule has 9 heteroatoms. The lowest BCUT2D eigenvalue weighted by atomic mass is 10.2. The summed E-state index contributed by atoms with van der Waals surface area (Å²) in [5.74, 6) is -1.74. The Morgan fingerprint density at radius 2 is 1.85 bits per heavy atom. The summed E-state index contributed by atoms with van der Waals surface area (Å²) in [6, 6.07) is 10.2. The molecule has 7 nitrogen and oxygen atoms in total. The summed E-state index contributed by atoms with van der Waals surface area (Å²) >= 11 is 0. The first-order valence-electron chi connectivity index (χ1n) is 7.45. The Balaban J connectivity index is 1.90. The minimum atomic E-state index is -4.39. The average molecular weight is 372 g/mol. The molecular weight excluding hydrogens is 359 g/mol. The highest BCUT2D eigenvalue weighted by Gasteiger charge is 2.24. The van der Waals surface area contributed by atoms with Crippen LogP contribution in [0.4, 0.5) is 4.39 Å². The van der Waals surface area contributed by atoms with E-state index < -0.39 is 26.6 Å². The first-order valence-corrected chi connectivity index (χ1v) is 8.93. The lowest BCUT2D eigenvalue weighted by molar-refractivity contribution is 0.0976. The molecule has 0 unspecified atom stereocenters. The van der Waals surface area contributed by atoms with Crippen LogP contribution in [0.5, 0.6) is 0 Å². The van der Waals surface area contributed by atoms with Gasteiger partial charge in [-0.3, -0.25) is 9.78 Å². The van der Waals surface area contributed by atoms with E-state index in [1.807, 2.05) is 4.72 Å². The van der Waals surface area contributed by atoms with Crippen LogP contribution in [0, 0.1) is 12.7 Å². The van der Waals surface area contributed by atoms with Gasteiger partial charge in [0.1, 0.15) is 22.1 Å². The molecule has 2 aromatic heterocycles. The second kappa shape index (κ2) is 6.96. The quantitative estimate of drug-likeness (QED) is 0.752. The normalized spacial score (nSPS) is 11.2. The zero-order valence-corrected chi connectivity index (χ0v) is 14.4. The molecule has 3 aromatic rings. The van der Waals surface area contributed by atoms with Gasteiger partial charge in [-0.2, -0.15) is 0 Å². The number of rotatable bonds is 4. The Bertz CT molecular complexity index is 1070. The largest absolute Gasteiger partial charge is 0.283 e. The number of amides is 1. The van der Waals surface area contributed by atoms with E-state index in [1.165, 1.54) is 37.5 Å². The number of hydrogen-bond donors (Lipinski definition) is 1. The summed E-state index contributed by atoms with van der Waals surface area (Å²) < 4.78 is 40.5. The lowest BCUT2D eigenvalue weighted by Gasteiger charge is -2.09. The van der Waals surface area contributed by atoms with E-state index in [4.69, 9.17) is 0 Å². The van der Waals surface area contributed by atoms with E-state index in [-0.39, 0.29) is 17.1 Å². The standard InChI is InChI=1S/C17H13FN4O3S/c1-11-5-4-7-14(15(11)18)26(24,25)22-17(23)13-8-10-20-16(21-13)12-6-2-3-9-19-12/h2-10H,1H3,(H,22,23). The molecule has 132 valence electrons. The van der Waals surface area contributed by atoms with Gasteiger partial charge < -0.3 is 0 Å². The number of sulfonamides is 1. The van der Waals surface area contributed by atoms with E-state index in [9.17, 15) is 17.6 Å². The second-order valence-electron chi connectivity index (χ2n) is 5.30. The number of aryl methyl sites for hydroxylation is 1. The second-order valence-corrected chi connectivity index (χ2v) is 6.95. The van der Waals surface area contributed by atoms with Crippen molar-refractivity contribution in [1.29, 1.82) is 0 Å². The van der Waals surface area contributed by atoms with Crippen LogP contribution in [-0.4, -0.2) is 29.3 Å². The van der Waals surface area contributed by atoms with Gasteiger partial charge >= 0.3 is 0 Å².